The second-order valence-corrected chi connectivity index (χ2v) is 5.68. The molecule has 16 heavy (non-hydrogen) atoms. The van der Waals surface area contributed by atoms with Gasteiger partial charge in [-0.3, -0.25) is 0 Å². The summed E-state index contributed by atoms with van der Waals surface area (Å²) in [6, 6.07) is 10.4. The van der Waals surface area contributed by atoms with Gasteiger partial charge in [0.15, 0.2) is 0 Å². The minimum atomic E-state index is -0.227. The van der Waals surface area contributed by atoms with Crippen LogP contribution in [0.3, 0.4) is 0 Å². The van der Waals surface area contributed by atoms with Gasteiger partial charge in [0.05, 0.1) is 9.71 Å². The second-order valence-electron chi connectivity index (χ2n) is 3.40. The molecule has 1 aromatic heterocycles. The quantitative estimate of drug-likeness (QED) is 0.686. The van der Waals surface area contributed by atoms with Gasteiger partial charge in [-0.2, -0.15) is 0 Å². The Morgan fingerprint density at radius 3 is 2.56 bits per heavy atom. The summed E-state index contributed by atoms with van der Waals surface area (Å²) in [5, 5.41) is -0.227. The topological polar surface area (TPSA) is 0 Å². The third kappa shape index (κ3) is 2.76. The zero-order valence-corrected chi connectivity index (χ0v) is 10.6. The molecule has 1 atom stereocenters. The molecule has 4 heteroatoms. The summed E-state index contributed by atoms with van der Waals surface area (Å²) in [7, 11) is 0. The number of rotatable bonds is 3. The molecule has 1 unspecified atom stereocenters. The van der Waals surface area contributed by atoms with E-state index in [-0.39, 0.29) is 11.2 Å². The maximum Gasteiger partial charge on any atom is 0.126 e. The molecule has 1 heterocycles. The molecule has 0 saturated heterocycles. The lowest BCUT2D eigenvalue weighted by Gasteiger charge is -2.07. The maximum atomic E-state index is 13.4. The maximum absolute atomic E-state index is 13.4. The molecule has 0 aliphatic heterocycles. The van der Waals surface area contributed by atoms with Crippen LogP contribution in [0.2, 0.25) is 4.34 Å². The molecule has 0 radical (unpaired) electrons. The number of hydrogen-bond donors (Lipinski definition) is 0. The summed E-state index contributed by atoms with van der Waals surface area (Å²) < 4.78 is 14.1. The van der Waals surface area contributed by atoms with Crippen molar-refractivity contribution in [2.75, 3.05) is 0 Å². The monoisotopic (exact) mass is 274 g/mol. The number of hydrogen-bond acceptors (Lipinski definition) is 1. The van der Waals surface area contributed by atoms with E-state index in [0.29, 0.717) is 16.3 Å². The average molecular weight is 275 g/mol. The Balaban J connectivity index is 2.13. The normalized spacial score (nSPS) is 12.7. The molecular weight excluding hydrogens is 266 g/mol. The highest BCUT2D eigenvalue weighted by Gasteiger charge is 2.13. The molecule has 0 fully saturated rings. The van der Waals surface area contributed by atoms with Crippen LogP contribution < -0.4 is 0 Å². The van der Waals surface area contributed by atoms with Gasteiger partial charge in [-0.25, -0.2) is 4.39 Å². The third-order valence-corrected chi connectivity index (χ3v) is 4.12. The zero-order valence-electron chi connectivity index (χ0n) is 8.29. The lowest BCUT2D eigenvalue weighted by Crippen LogP contribution is -1.96. The first kappa shape index (κ1) is 11.9. The second kappa shape index (κ2) is 5.17. The molecule has 2 rings (SSSR count). The van der Waals surface area contributed by atoms with Crippen molar-refractivity contribution in [1.82, 2.24) is 0 Å². The van der Waals surface area contributed by atoms with Gasteiger partial charge in [0.2, 0.25) is 0 Å². The van der Waals surface area contributed by atoms with E-state index in [1.165, 1.54) is 17.4 Å². The fraction of sp³-hybridized carbons (Fsp3) is 0.167. The Bertz CT molecular complexity index is 481. The van der Waals surface area contributed by atoms with E-state index in [0.717, 1.165) is 4.88 Å². The van der Waals surface area contributed by atoms with Crippen molar-refractivity contribution < 1.29 is 4.39 Å². The number of halogens is 3. The summed E-state index contributed by atoms with van der Waals surface area (Å²) in [5.41, 5.74) is 0.632. The van der Waals surface area contributed by atoms with Crippen LogP contribution in [0.25, 0.3) is 0 Å². The molecule has 0 amide bonds. The van der Waals surface area contributed by atoms with Gasteiger partial charge >= 0.3 is 0 Å². The third-order valence-electron chi connectivity index (χ3n) is 2.26. The molecule has 0 nitrogen and oxygen atoms in total. The van der Waals surface area contributed by atoms with Gasteiger partial charge in [-0.1, -0.05) is 29.8 Å². The van der Waals surface area contributed by atoms with Crippen molar-refractivity contribution in [2.45, 2.75) is 11.8 Å². The number of alkyl halides is 1. The minimum Gasteiger partial charge on any atom is -0.207 e. The largest absolute Gasteiger partial charge is 0.207 e. The van der Waals surface area contributed by atoms with Crippen molar-refractivity contribution >= 4 is 34.5 Å². The highest BCUT2D eigenvalue weighted by molar-refractivity contribution is 7.16. The first-order chi connectivity index (χ1) is 7.66. The summed E-state index contributed by atoms with van der Waals surface area (Å²) in [5.74, 6) is -0.212. The van der Waals surface area contributed by atoms with E-state index in [1.807, 2.05) is 12.1 Å². The van der Waals surface area contributed by atoms with E-state index in [1.54, 1.807) is 18.2 Å². The van der Waals surface area contributed by atoms with Crippen LogP contribution >= 0.6 is 34.5 Å². The molecule has 84 valence electrons. The SMILES string of the molecule is Fc1ccccc1CC(Cl)c1ccc(Cl)s1. The van der Waals surface area contributed by atoms with Crippen LogP contribution in [0.1, 0.15) is 15.8 Å². The smallest absolute Gasteiger partial charge is 0.126 e. The molecule has 0 bridgehead atoms. The van der Waals surface area contributed by atoms with Crippen molar-refractivity contribution in [3.05, 3.63) is 57.0 Å². The molecule has 0 spiro atoms. The van der Waals surface area contributed by atoms with Crippen LogP contribution in [0.5, 0.6) is 0 Å². The first-order valence-corrected chi connectivity index (χ1v) is 6.42. The predicted octanol–water partition coefficient (Wildman–Crippen LogP) is 5.06. The molecule has 1 aromatic carbocycles. The highest BCUT2D eigenvalue weighted by Crippen LogP contribution is 2.33. The molecule has 2 aromatic rings. The van der Waals surface area contributed by atoms with Crippen LogP contribution in [-0.2, 0) is 6.42 Å². The van der Waals surface area contributed by atoms with Crippen LogP contribution in [0.4, 0.5) is 4.39 Å². The molecule has 0 N–H and O–H groups in total. The zero-order chi connectivity index (χ0) is 11.5. The summed E-state index contributed by atoms with van der Waals surface area (Å²) >= 11 is 13.5. The van der Waals surface area contributed by atoms with E-state index < -0.39 is 0 Å². The minimum absolute atomic E-state index is 0.212. The Labute approximate surface area is 108 Å². The van der Waals surface area contributed by atoms with E-state index in [2.05, 4.69) is 0 Å². The van der Waals surface area contributed by atoms with E-state index in [9.17, 15) is 4.39 Å². The van der Waals surface area contributed by atoms with Crippen LogP contribution in [0.15, 0.2) is 36.4 Å². The summed E-state index contributed by atoms with van der Waals surface area (Å²) in [4.78, 5) is 0.968. The summed E-state index contributed by atoms with van der Waals surface area (Å²) in [6.45, 7) is 0. The Morgan fingerprint density at radius 2 is 1.94 bits per heavy atom. The van der Waals surface area contributed by atoms with Gasteiger partial charge in [0.1, 0.15) is 5.82 Å². The van der Waals surface area contributed by atoms with Gasteiger partial charge in [0, 0.05) is 4.88 Å². The Hall–Kier alpha value is -0.570. The van der Waals surface area contributed by atoms with Crippen LogP contribution in [-0.4, -0.2) is 0 Å². The summed E-state index contributed by atoms with van der Waals surface area (Å²) in [6.07, 6.45) is 0.477. The van der Waals surface area contributed by atoms with Crippen LogP contribution in [0, 0.1) is 5.82 Å². The van der Waals surface area contributed by atoms with Gasteiger partial charge < -0.3 is 0 Å². The average Bonchev–Trinajstić information content (AvgIpc) is 2.68. The number of benzene rings is 1. The molecule has 0 aliphatic carbocycles. The Kier molecular flexibility index (Phi) is 3.85. The molecular formula is C12H9Cl2FS. The van der Waals surface area contributed by atoms with E-state index in [4.69, 9.17) is 23.2 Å². The van der Waals surface area contributed by atoms with Crippen molar-refractivity contribution in [1.29, 1.82) is 0 Å². The van der Waals surface area contributed by atoms with Crippen molar-refractivity contribution in [3.63, 3.8) is 0 Å². The predicted molar refractivity (Wildman–Crippen MR) is 68.0 cm³/mol. The lowest BCUT2D eigenvalue weighted by molar-refractivity contribution is 0.608. The van der Waals surface area contributed by atoms with E-state index >= 15 is 0 Å². The standard InChI is InChI=1S/C12H9Cl2FS/c13-9(11-5-6-12(14)16-11)7-8-3-1-2-4-10(8)15/h1-6,9H,7H2. The van der Waals surface area contributed by atoms with Gasteiger partial charge in [-0.05, 0) is 30.2 Å². The lowest BCUT2D eigenvalue weighted by atomic mass is 10.1. The number of thiophene rings is 1. The van der Waals surface area contributed by atoms with Crippen molar-refractivity contribution in [2.24, 2.45) is 0 Å². The molecule has 0 saturated carbocycles. The first-order valence-electron chi connectivity index (χ1n) is 4.79. The Morgan fingerprint density at radius 1 is 1.19 bits per heavy atom. The van der Waals surface area contributed by atoms with Gasteiger partial charge in [-0.15, -0.1) is 22.9 Å². The van der Waals surface area contributed by atoms with Crippen molar-refractivity contribution in [3.8, 4) is 0 Å². The highest BCUT2D eigenvalue weighted by atomic mass is 35.5. The fourth-order valence-electron chi connectivity index (χ4n) is 1.45. The molecule has 0 aliphatic rings. The van der Waals surface area contributed by atoms with Gasteiger partial charge in [0.25, 0.3) is 0 Å². The fourth-order valence-corrected chi connectivity index (χ4v) is 2.87.